The van der Waals surface area contributed by atoms with E-state index >= 15 is 0 Å². The van der Waals surface area contributed by atoms with Crippen LogP contribution in [0.3, 0.4) is 0 Å². The molecular formula is C12H24O2. The van der Waals surface area contributed by atoms with Crippen LogP contribution in [0.1, 0.15) is 48.0 Å². The summed E-state index contributed by atoms with van der Waals surface area (Å²) in [6.07, 6.45) is 0.370. The number of carbonyl (C=O) groups excluding carboxylic acids is 1. The molecule has 0 N–H and O–H groups in total. The predicted octanol–water partition coefficient (Wildman–Crippen LogP) is 3.05. The standard InChI is InChI=1S/C12H24O2/c1-7-14-11(9(2)3)10(13)8-12(4,5)6/h9,11H,7-8H2,1-6H3. The maximum atomic E-state index is 11.9. The van der Waals surface area contributed by atoms with Crippen LogP contribution in [0.5, 0.6) is 0 Å². The van der Waals surface area contributed by atoms with E-state index in [0.717, 1.165) is 0 Å². The van der Waals surface area contributed by atoms with Gasteiger partial charge in [-0.2, -0.15) is 0 Å². The largest absolute Gasteiger partial charge is 0.370 e. The van der Waals surface area contributed by atoms with Crippen molar-refractivity contribution in [3.05, 3.63) is 0 Å². The summed E-state index contributed by atoms with van der Waals surface area (Å²) in [4.78, 5) is 11.9. The van der Waals surface area contributed by atoms with Crippen LogP contribution in [0.2, 0.25) is 0 Å². The van der Waals surface area contributed by atoms with Crippen LogP contribution in [-0.2, 0) is 9.53 Å². The van der Waals surface area contributed by atoms with Crippen LogP contribution in [0.4, 0.5) is 0 Å². The zero-order valence-electron chi connectivity index (χ0n) is 10.4. The minimum atomic E-state index is -0.223. The monoisotopic (exact) mass is 200 g/mol. The maximum absolute atomic E-state index is 11.9. The molecule has 1 unspecified atom stereocenters. The first-order valence-corrected chi connectivity index (χ1v) is 5.42. The first-order chi connectivity index (χ1) is 6.28. The highest BCUT2D eigenvalue weighted by molar-refractivity contribution is 5.83. The highest BCUT2D eigenvalue weighted by atomic mass is 16.5. The lowest BCUT2D eigenvalue weighted by atomic mass is 9.86. The molecule has 14 heavy (non-hydrogen) atoms. The fourth-order valence-electron chi connectivity index (χ4n) is 1.46. The van der Waals surface area contributed by atoms with Crippen LogP contribution < -0.4 is 0 Å². The zero-order valence-corrected chi connectivity index (χ0v) is 10.4. The normalized spacial score (nSPS) is 14.5. The Morgan fingerprint density at radius 1 is 1.29 bits per heavy atom. The third-order valence-corrected chi connectivity index (χ3v) is 1.97. The van der Waals surface area contributed by atoms with Crippen molar-refractivity contribution in [2.24, 2.45) is 11.3 Å². The quantitative estimate of drug-likeness (QED) is 0.682. The number of ether oxygens (including phenoxy) is 1. The van der Waals surface area contributed by atoms with Crippen molar-refractivity contribution in [1.82, 2.24) is 0 Å². The van der Waals surface area contributed by atoms with Gasteiger partial charge in [0.15, 0.2) is 5.78 Å². The number of ketones is 1. The van der Waals surface area contributed by atoms with Crippen molar-refractivity contribution in [3.8, 4) is 0 Å². The molecule has 2 heteroatoms. The molecule has 0 aromatic heterocycles. The van der Waals surface area contributed by atoms with Gasteiger partial charge >= 0.3 is 0 Å². The molecular weight excluding hydrogens is 176 g/mol. The Labute approximate surface area is 88.0 Å². The molecule has 2 nitrogen and oxygen atoms in total. The highest BCUT2D eigenvalue weighted by Gasteiger charge is 2.26. The molecule has 0 aromatic carbocycles. The molecule has 84 valence electrons. The van der Waals surface area contributed by atoms with Gasteiger partial charge in [0.05, 0.1) is 0 Å². The Hall–Kier alpha value is -0.370. The van der Waals surface area contributed by atoms with Gasteiger partial charge < -0.3 is 4.74 Å². The van der Waals surface area contributed by atoms with E-state index in [1.165, 1.54) is 0 Å². The van der Waals surface area contributed by atoms with Gasteiger partial charge in [-0.05, 0) is 18.3 Å². The van der Waals surface area contributed by atoms with Gasteiger partial charge in [-0.25, -0.2) is 0 Å². The molecule has 1 atom stereocenters. The van der Waals surface area contributed by atoms with E-state index < -0.39 is 0 Å². The summed E-state index contributed by atoms with van der Waals surface area (Å²) in [6, 6.07) is 0. The van der Waals surface area contributed by atoms with Crippen molar-refractivity contribution < 1.29 is 9.53 Å². The minimum absolute atomic E-state index is 0.0569. The summed E-state index contributed by atoms with van der Waals surface area (Å²) < 4.78 is 5.46. The Morgan fingerprint density at radius 2 is 1.79 bits per heavy atom. The van der Waals surface area contributed by atoms with E-state index in [4.69, 9.17) is 4.74 Å². The van der Waals surface area contributed by atoms with E-state index in [9.17, 15) is 4.79 Å². The van der Waals surface area contributed by atoms with Gasteiger partial charge in [-0.3, -0.25) is 4.79 Å². The molecule has 0 aliphatic rings. The Bertz CT molecular complexity index is 177. The molecule has 0 aromatic rings. The second-order valence-electron chi connectivity index (χ2n) is 5.32. The second-order valence-corrected chi connectivity index (χ2v) is 5.32. The van der Waals surface area contributed by atoms with Crippen LogP contribution in [-0.4, -0.2) is 18.5 Å². The minimum Gasteiger partial charge on any atom is -0.370 e. The number of Topliss-reactive ketones (excluding diaryl/α,β-unsaturated/α-hetero) is 1. The predicted molar refractivity (Wildman–Crippen MR) is 59.3 cm³/mol. The molecule has 0 rings (SSSR count). The molecule has 0 aliphatic carbocycles. The van der Waals surface area contributed by atoms with Gasteiger partial charge in [0.25, 0.3) is 0 Å². The van der Waals surface area contributed by atoms with Gasteiger partial charge in [-0.1, -0.05) is 34.6 Å². The lowest BCUT2D eigenvalue weighted by molar-refractivity contribution is -0.134. The number of carbonyl (C=O) groups is 1. The smallest absolute Gasteiger partial charge is 0.162 e. The van der Waals surface area contributed by atoms with E-state index in [1.807, 2.05) is 20.8 Å². The van der Waals surface area contributed by atoms with Crippen molar-refractivity contribution in [3.63, 3.8) is 0 Å². The molecule has 0 aliphatic heterocycles. The average Bonchev–Trinajstić information content (AvgIpc) is 1.95. The van der Waals surface area contributed by atoms with Crippen molar-refractivity contribution in [2.45, 2.75) is 54.1 Å². The molecule has 0 saturated carbocycles. The van der Waals surface area contributed by atoms with Crippen LogP contribution in [0, 0.1) is 11.3 Å². The van der Waals surface area contributed by atoms with E-state index in [0.29, 0.717) is 13.0 Å². The van der Waals surface area contributed by atoms with Gasteiger partial charge in [0.2, 0.25) is 0 Å². The first-order valence-electron chi connectivity index (χ1n) is 5.42. The van der Waals surface area contributed by atoms with Crippen LogP contribution >= 0.6 is 0 Å². The Kier molecular flexibility index (Phi) is 5.35. The van der Waals surface area contributed by atoms with E-state index in [-0.39, 0.29) is 23.2 Å². The maximum Gasteiger partial charge on any atom is 0.162 e. The SMILES string of the molecule is CCOC(C(=O)CC(C)(C)C)C(C)C. The average molecular weight is 200 g/mol. The lowest BCUT2D eigenvalue weighted by Gasteiger charge is -2.24. The fourth-order valence-corrected chi connectivity index (χ4v) is 1.46. The van der Waals surface area contributed by atoms with Crippen molar-refractivity contribution in [1.29, 1.82) is 0 Å². The van der Waals surface area contributed by atoms with Crippen LogP contribution in [0.25, 0.3) is 0 Å². The summed E-state index contributed by atoms with van der Waals surface area (Å²) in [5.74, 6) is 0.499. The fraction of sp³-hybridized carbons (Fsp3) is 0.917. The number of hydrogen-bond acceptors (Lipinski definition) is 2. The lowest BCUT2D eigenvalue weighted by Crippen LogP contribution is -2.32. The zero-order chi connectivity index (χ0) is 11.4. The summed E-state index contributed by atoms with van der Waals surface area (Å²) in [7, 11) is 0. The van der Waals surface area contributed by atoms with Gasteiger partial charge in [0.1, 0.15) is 6.10 Å². The summed E-state index contributed by atoms with van der Waals surface area (Å²) >= 11 is 0. The highest BCUT2D eigenvalue weighted by Crippen LogP contribution is 2.22. The third-order valence-electron chi connectivity index (χ3n) is 1.97. The van der Waals surface area contributed by atoms with Crippen molar-refractivity contribution >= 4 is 5.78 Å². The van der Waals surface area contributed by atoms with Gasteiger partial charge in [-0.15, -0.1) is 0 Å². The summed E-state index contributed by atoms with van der Waals surface area (Å²) in [5.41, 5.74) is 0.0569. The van der Waals surface area contributed by atoms with Gasteiger partial charge in [0, 0.05) is 13.0 Å². The second kappa shape index (κ2) is 5.50. The molecule has 0 amide bonds. The van der Waals surface area contributed by atoms with E-state index in [1.54, 1.807) is 0 Å². The molecule has 0 bridgehead atoms. The molecule has 0 fully saturated rings. The number of hydrogen-bond donors (Lipinski definition) is 0. The Balaban J connectivity index is 4.30. The third kappa shape index (κ3) is 5.38. The van der Waals surface area contributed by atoms with E-state index in [2.05, 4.69) is 20.8 Å². The molecule has 0 saturated heterocycles. The Morgan fingerprint density at radius 3 is 2.07 bits per heavy atom. The summed E-state index contributed by atoms with van der Waals surface area (Å²) in [5, 5.41) is 0. The van der Waals surface area contributed by atoms with Crippen molar-refractivity contribution in [2.75, 3.05) is 6.61 Å². The number of rotatable bonds is 5. The van der Waals surface area contributed by atoms with Crippen LogP contribution in [0.15, 0.2) is 0 Å². The topological polar surface area (TPSA) is 26.3 Å². The molecule has 0 heterocycles. The molecule has 0 spiro atoms. The summed E-state index contributed by atoms with van der Waals surface area (Å²) in [6.45, 7) is 12.8. The molecule has 0 radical (unpaired) electrons. The first kappa shape index (κ1) is 13.6.